The molecule has 98 valence electrons. The van der Waals surface area contributed by atoms with E-state index in [2.05, 4.69) is 10.6 Å². The Bertz CT molecular complexity index is 388. The number of amides is 1. The molecule has 1 saturated heterocycles. The Hall–Kier alpha value is -1.20. The second kappa shape index (κ2) is 6.66. The lowest BCUT2D eigenvalue weighted by Gasteiger charge is -2.22. The van der Waals surface area contributed by atoms with Crippen LogP contribution in [0.5, 0.6) is 5.75 Å². The number of ether oxygens (including phenoxy) is 1. The van der Waals surface area contributed by atoms with E-state index >= 15 is 0 Å². The molecule has 4 nitrogen and oxygen atoms in total. The van der Waals surface area contributed by atoms with Gasteiger partial charge in [0.1, 0.15) is 5.75 Å². The normalized spacial score (nSPS) is 19.3. The van der Waals surface area contributed by atoms with Crippen LogP contribution in [0.2, 0.25) is 0 Å². The van der Waals surface area contributed by atoms with Crippen LogP contribution in [0.4, 0.5) is 5.69 Å². The number of methoxy groups -OCH3 is 1. The fourth-order valence-electron chi connectivity index (χ4n) is 1.86. The quantitative estimate of drug-likeness (QED) is 0.871. The minimum atomic E-state index is 0.0557. The molecule has 1 atom stereocenters. The molecule has 0 spiro atoms. The molecule has 1 aromatic rings. The monoisotopic (exact) mass is 266 g/mol. The van der Waals surface area contributed by atoms with Gasteiger partial charge >= 0.3 is 0 Å². The van der Waals surface area contributed by atoms with Crippen LogP contribution in [0.15, 0.2) is 24.3 Å². The van der Waals surface area contributed by atoms with Crippen LogP contribution in [0.1, 0.15) is 6.42 Å². The van der Waals surface area contributed by atoms with E-state index in [4.69, 9.17) is 4.74 Å². The Morgan fingerprint density at radius 2 is 2.28 bits per heavy atom. The Labute approximate surface area is 111 Å². The minimum Gasteiger partial charge on any atom is -0.497 e. The Morgan fingerprint density at radius 1 is 1.50 bits per heavy atom. The Morgan fingerprint density at radius 3 is 2.89 bits per heavy atom. The van der Waals surface area contributed by atoms with Gasteiger partial charge in [-0.25, -0.2) is 0 Å². The van der Waals surface area contributed by atoms with Crippen molar-refractivity contribution >= 4 is 23.4 Å². The summed E-state index contributed by atoms with van der Waals surface area (Å²) in [4.78, 5) is 11.8. The van der Waals surface area contributed by atoms with Gasteiger partial charge in [0.05, 0.1) is 7.11 Å². The van der Waals surface area contributed by atoms with Crippen LogP contribution in [0, 0.1) is 0 Å². The van der Waals surface area contributed by atoms with Gasteiger partial charge in [-0.15, -0.1) is 0 Å². The average Bonchev–Trinajstić information content (AvgIpc) is 2.40. The number of hydrogen-bond donors (Lipinski definition) is 2. The molecule has 1 aliphatic rings. The smallest absolute Gasteiger partial charge is 0.225 e. The highest BCUT2D eigenvalue weighted by atomic mass is 32.2. The summed E-state index contributed by atoms with van der Waals surface area (Å²) in [5, 5.41) is 6.25. The summed E-state index contributed by atoms with van der Waals surface area (Å²) in [7, 11) is 1.62. The predicted octanol–water partition coefficient (Wildman–Crippen LogP) is 1.73. The first-order chi connectivity index (χ1) is 8.78. The van der Waals surface area contributed by atoms with Gasteiger partial charge in [-0.2, -0.15) is 11.8 Å². The second-order valence-electron chi connectivity index (χ2n) is 4.21. The summed E-state index contributed by atoms with van der Waals surface area (Å²) in [5.74, 6) is 2.99. The van der Waals surface area contributed by atoms with E-state index in [1.165, 1.54) is 0 Å². The molecule has 0 aromatic heterocycles. The SMILES string of the molecule is COc1ccc(NC(=O)CC2CSCCN2)cc1. The van der Waals surface area contributed by atoms with Gasteiger partial charge in [0, 0.05) is 36.2 Å². The maximum Gasteiger partial charge on any atom is 0.225 e. The van der Waals surface area contributed by atoms with Crippen LogP contribution in [0.25, 0.3) is 0 Å². The van der Waals surface area contributed by atoms with Gasteiger partial charge < -0.3 is 15.4 Å². The standard InChI is InChI=1S/C13H18N2O2S/c1-17-12-4-2-10(3-5-12)15-13(16)8-11-9-18-7-6-14-11/h2-5,11,14H,6-9H2,1H3,(H,15,16). The van der Waals surface area contributed by atoms with Crippen LogP contribution in [-0.2, 0) is 4.79 Å². The highest BCUT2D eigenvalue weighted by molar-refractivity contribution is 7.99. The fourth-order valence-corrected chi connectivity index (χ4v) is 2.81. The molecule has 1 amide bonds. The fraction of sp³-hybridized carbons (Fsp3) is 0.462. The zero-order valence-electron chi connectivity index (χ0n) is 10.4. The van der Waals surface area contributed by atoms with Crippen molar-refractivity contribution in [3.8, 4) is 5.75 Å². The molecule has 2 rings (SSSR count). The summed E-state index contributed by atoms with van der Waals surface area (Å²) in [6.45, 7) is 0.991. The van der Waals surface area contributed by atoms with Crippen LogP contribution >= 0.6 is 11.8 Å². The second-order valence-corrected chi connectivity index (χ2v) is 5.36. The van der Waals surface area contributed by atoms with Crippen molar-refractivity contribution in [3.63, 3.8) is 0 Å². The molecule has 2 N–H and O–H groups in total. The predicted molar refractivity (Wildman–Crippen MR) is 75.4 cm³/mol. The van der Waals surface area contributed by atoms with Crippen LogP contribution < -0.4 is 15.4 Å². The number of carbonyl (C=O) groups is 1. The molecule has 1 heterocycles. The molecular weight excluding hydrogens is 248 g/mol. The third-order valence-electron chi connectivity index (χ3n) is 2.80. The third kappa shape index (κ3) is 3.92. The van der Waals surface area contributed by atoms with Gasteiger partial charge in [-0.1, -0.05) is 0 Å². The van der Waals surface area contributed by atoms with Crippen LogP contribution in [0.3, 0.4) is 0 Å². The van der Waals surface area contributed by atoms with E-state index in [1.54, 1.807) is 7.11 Å². The van der Waals surface area contributed by atoms with Crippen molar-refractivity contribution in [2.75, 3.05) is 30.5 Å². The lowest BCUT2D eigenvalue weighted by molar-refractivity contribution is -0.116. The first-order valence-electron chi connectivity index (χ1n) is 6.03. The van der Waals surface area contributed by atoms with Crippen molar-refractivity contribution in [1.82, 2.24) is 5.32 Å². The molecule has 1 aromatic carbocycles. The van der Waals surface area contributed by atoms with Gasteiger partial charge in [0.15, 0.2) is 0 Å². The van der Waals surface area contributed by atoms with Crippen molar-refractivity contribution in [3.05, 3.63) is 24.3 Å². The first-order valence-corrected chi connectivity index (χ1v) is 7.18. The van der Waals surface area contributed by atoms with E-state index in [9.17, 15) is 4.79 Å². The van der Waals surface area contributed by atoms with Crippen LogP contribution in [-0.4, -0.2) is 37.1 Å². The van der Waals surface area contributed by atoms with E-state index in [-0.39, 0.29) is 5.91 Å². The van der Waals surface area contributed by atoms with Gasteiger partial charge in [0.2, 0.25) is 5.91 Å². The zero-order valence-corrected chi connectivity index (χ0v) is 11.3. The van der Waals surface area contributed by atoms with E-state index in [1.807, 2.05) is 36.0 Å². The number of hydrogen-bond acceptors (Lipinski definition) is 4. The number of thioether (sulfide) groups is 1. The number of nitrogens with one attached hydrogen (secondary N) is 2. The maximum absolute atomic E-state index is 11.8. The van der Waals surface area contributed by atoms with E-state index in [0.717, 1.165) is 29.5 Å². The number of carbonyl (C=O) groups excluding carboxylic acids is 1. The summed E-state index contributed by atoms with van der Waals surface area (Å²) >= 11 is 1.90. The van der Waals surface area contributed by atoms with Crippen molar-refractivity contribution in [2.45, 2.75) is 12.5 Å². The topological polar surface area (TPSA) is 50.4 Å². The average molecular weight is 266 g/mol. The molecule has 5 heteroatoms. The minimum absolute atomic E-state index is 0.0557. The molecule has 0 saturated carbocycles. The molecule has 0 aliphatic carbocycles. The molecular formula is C13H18N2O2S. The molecule has 1 aliphatic heterocycles. The largest absolute Gasteiger partial charge is 0.497 e. The summed E-state index contributed by atoms with van der Waals surface area (Å²) in [6, 6.07) is 7.66. The van der Waals surface area contributed by atoms with Gasteiger partial charge in [-0.3, -0.25) is 4.79 Å². The summed E-state index contributed by atoms with van der Waals surface area (Å²) < 4.78 is 5.07. The van der Waals surface area contributed by atoms with Gasteiger partial charge in [0.25, 0.3) is 0 Å². The lowest BCUT2D eigenvalue weighted by atomic mass is 10.2. The first kappa shape index (κ1) is 13.2. The summed E-state index contributed by atoms with van der Waals surface area (Å²) in [6.07, 6.45) is 0.527. The van der Waals surface area contributed by atoms with Crippen molar-refractivity contribution < 1.29 is 9.53 Å². The Balaban J connectivity index is 1.82. The zero-order chi connectivity index (χ0) is 12.8. The Kier molecular flexibility index (Phi) is 4.90. The van der Waals surface area contributed by atoms with E-state index < -0.39 is 0 Å². The molecule has 0 bridgehead atoms. The summed E-state index contributed by atoms with van der Waals surface area (Å²) in [5.41, 5.74) is 0.810. The van der Waals surface area contributed by atoms with Crippen molar-refractivity contribution in [2.24, 2.45) is 0 Å². The van der Waals surface area contributed by atoms with Crippen molar-refractivity contribution in [1.29, 1.82) is 0 Å². The molecule has 1 unspecified atom stereocenters. The number of rotatable bonds is 4. The maximum atomic E-state index is 11.8. The number of benzene rings is 1. The van der Waals surface area contributed by atoms with Gasteiger partial charge in [-0.05, 0) is 24.3 Å². The molecule has 1 fully saturated rings. The molecule has 18 heavy (non-hydrogen) atoms. The lowest BCUT2D eigenvalue weighted by Crippen LogP contribution is -2.39. The third-order valence-corrected chi connectivity index (χ3v) is 3.93. The highest BCUT2D eigenvalue weighted by Gasteiger charge is 2.16. The number of anilines is 1. The molecule has 0 radical (unpaired) electrons. The van der Waals surface area contributed by atoms with E-state index in [0.29, 0.717) is 12.5 Å². The highest BCUT2D eigenvalue weighted by Crippen LogP contribution is 2.16.